The molecule has 13 heavy (non-hydrogen) atoms. The first-order valence-electron chi connectivity index (χ1n) is 4.21. The van der Waals surface area contributed by atoms with Crippen molar-refractivity contribution in [2.45, 2.75) is 31.9 Å². The predicted octanol–water partition coefficient (Wildman–Crippen LogP) is -0.0241. The van der Waals surface area contributed by atoms with Crippen molar-refractivity contribution in [3.05, 3.63) is 12.2 Å². The molecule has 74 valence electrons. The zero-order valence-corrected chi connectivity index (χ0v) is 8.23. The summed E-state index contributed by atoms with van der Waals surface area (Å²) in [4.78, 5) is 0. The fraction of sp³-hybridized carbons (Fsp3) is 0.750. The normalized spacial score (nSPS) is 14.5. The van der Waals surface area contributed by atoms with Gasteiger partial charge in [0, 0.05) is 12.6 Å². The summed E-state index contributed by atoms with van der Waals surface area (Å²) in [6, 6.07) is 0. The number of hydrogen-bond donors (Lipinski definition) is 2. The molecule has 1 aromatic heterocycles. The molecule has 1 heterocycles. The maximum absolute atomic E-state index is 9.72. The topological polar surface area (TPSA) is 77.0 Å². The first-order chi connectivity index (χ1) is 5.90. The van der Waals surface area contributed by atoms with Crippen LogP contribution in [0.2, 0.25) is 0 Å². The average molecular weight is 184 g/mol. The number of aromatic nitrogens is 3. The van der Waals surface area contributed by atoms with Gasteiger partial charge in [-0.25, -0.2) is 0 Å². The number of hydrogen-bond acceptors (Lipinski definition) is 4. The van der Waals surface area contributed by atoms with Crippen molar-refractivity contribution in [2.75, 3.05) is 0 Å². The second-order valence-corrected chi connectivity index (χ2v) is 4.01. The van der Waals surface area contributed by atoms with Crippen LogP contribution < -0.4 is 5.73 Å². The molecule has 0 aromatic carbocycles. The number of rotatable bonds is 3. The molecule has 0 saturated heterocycles. The summed E-state index contributed by atoms with van der Waals surface area (Å²) in [5.41, 5.74) is 5.38. The fourth-order valence-corrected chi connectivity index (χ4v) is 1.18. The Morgan fingerprint density at radius 1 is 1.69 bits per heavy atom. The van der Waals surface area contributed by atoms with Gasteiger partial charge < -0.3 is 15.4 Å². The van der Waals surface area contributed by atoms with Crippen LogP contribution in [-0.4, -0.2) is 25.4 Å². The molecule has 0 spiro atoms. The van der Waals surface area contributed by atoms with Gasteiger partial charge in [0.1, 0.15) is 12.4 Å². The number of nitrogens with zero attached hydrogens (tertiary/aromatic N) is 3. The Kier molecular flexibility index (Phi) is 2.68. The number of aliphatic hydroxyl groups excluding tert-OH is 1. The molecule has 1 unspecified atom stereocenters. The number of aryl methyl sites for hydroxylation is 1. The number of nitrogens with two attached hydrogens (primary N) is 1. The van der Waals surface area contributed by atoms with Gasteiger partial charge >= 0.3 is 0 Å². The SMILES string of the molecule is Cn1cnnc1C(O)CC(C)(C)N. The molecule has 0 fully saturated rings. The highest BCUT2D eigenvalue weighted by atomic mass is 16.3. The largest absolute Gasteiger partial charge is 0.385 e. The molecule has 5 heteroatoms. The molecule has 0 saturated carbocycles. The lowest BCUT2D eigenvalue weighted by Crippen LogP contribution is -2.34. The molecule has 0 amide bonds. The second-order valence-electron chi connectivity index (χ2n) is 4.01. The van der Waals surface area contributed by atoms with Crippen LogP contribution >= 0.6 is 0 Å². The highest BCUT2D eigenvalue weighted by Crippen LogP contribution is 2.19. The van der Waals surface area contributed by atoms with E-state index in [4.69, 9.17) is 5.73 Å². The van der Waals surface area contributed by atoms with E-state index < -0.39 is 11.6 Å². The maximum atomic E-state index is 9.72. The Labute approximate surface area is 77.6 Å². The highest BCUT2D eigenvalue weighted by molar-refractivity contribution is 4.93. The van der Waals surface area contributed by atoms with Crippen molar-refractivity contribution in [1.82, 2.24) is 14.8 Å². The third-order valence-corrected chi connectivity index (χ3v) is 1.76. The summed E-state index contributed by atoms with van der Waals surface area (Å²) in [6.45, 7) is 3.74. The van der Waals surface area contributed by atoms with Gasteiger partial charge in [0.15, 0.2) is 5.82 Å². The van der Waals surface area contributed by atoms with Crippen LogP contribution in [0.4, 0.5) is 0 Å². The molecular formula is C8H16N4O. The molecule has 1 rings (SSSR count). The van der Waals surface area contributed by atoms with Crippen LogP contribution in [0.25, 0.3) is 0 Å². The zero-order chi connectivity index (χ0) is 10.1. The van der Waals surface area contributed by atoms with Gasteiger partial charge in [0.25, 0.3) is 0 Å². The van der Waals surface area contributed by atoms with E-state index in [1.54, 1.807) is 17.9 Å². The molecular weight excluding hydrogens is 168 g/mol. The first-order valence-corrected chi connectivity index (χ1v) is 4.21. The average Bonchev–Trinajstić information content (AvgIpc) is 2.30. The van der Waals surface area contributed by atoms with Crippen molar-refractivity contribution in [2.24, 2.45) is 12.8 Å². The third kappa shape index (κ3) is 2.78. The summed E-state index contributed by atoms with van der Waals surface area (Å²) in [6.07, 6.45) is 1.38. The van der Waals surface area contributed by atoms with Crippen LogP contribution in [0.15, 0.2) is 6.33 Å². The van der Waals surface area contributed by atoms with E-state index in [0.717, 1.165) is 0 Å². The molecule has 5 nitrogen and oxygen atoms in total. The highest BCUT2D eigenvalue weighted by Gasteiger charge is 2.21. The van der Waals surface area contributed by atoms with Gasteiger partial charge in [0.2, 0.25) is 0 Å². The predicted molar refractivity (Wildman–Crippen MR) is 48.8 cm³/mol. The number of aliphatic hydroxyl groups is 1. The van der Waals surface area contributed by atoms with Gasteiger partial charge in [-0.15, -0.1) is 10.2 Å². The lowest BCUT2D eigenvalue weighted by molar-refractivity contribution is 0.130. The summed E-state index contributed by atoms with van der Waals surface area (Å²) in [5, 5.41) is 17.2. The molecule has 1 atom stereocenters. The minimum absolute atomic E-state index is 0.397. The molecule has 0 radical (unpaired) electrons. The van der Waals surface area contributed by atoms with Gasteiger partial charge in [-0.2, -0.15) is 0 Å². The Balaban J connectivity index is 2.69. The van der Waals surface area contributed by atoms with E-state index in [9.17, 15) is 5.11 Å². The van der Waals surface area contributed by atoms with Crippen LogP contribution in [0.5, 0.6) is 0 Å². The van der Waals surface area contributed by atoms with Gasteiger partial charge in [-0.3, -0.25) is 0 Å². The molecule has 1 aromatic rings. The smallest absolute Gasteiger partial charge is 0.161 e. The molecule has 0 aliphatic carbocycles. The Morgan fingerprint density at radius 2 is 2.31 bits per heavy atom. The molecule has 0 bridgehead atoms. The zero-order valence-electron chi connectivity index (χ0n) is 8.23. The van der Waals surface area contributed by atoms with Crippen molar-refractivity contribution >= 4 is 0 Å². The molecule has 0 aliphatic heterocycles. The van der Waals surface area contributed by atoms with E-state index in [2.05, 4.69) is 10.2 Å². The summed E-state index contributed by atoms with van der Waals surface area (Å²) >= 11 is 0. The quantitative estimate of drug-likeness (QED) is 0.692. The van der Waals surface area contributed by atoms with E-state index in [-0.39, 0.29) is 0 Å². The van der Waals surface area contributed by atoms with E-state index >= 15 is 0 Å². The van der Waals surface area contributed by atoms with E-state index in [1.165, 1.54) is 0 Å². The monoisotopic (exact) mass is 184 g/mol. The van der Waals surface area contributed by atoms with Crippen molar-refractivity contribution in [1.29, 1.82) is 0 Å². The Hall–Kier alpha value is -0.940. The Morgan fingerprint density at radius 3 is 2.69 bits per heavy atom. The van der Waals surface area contributed by atoms with Crippen LogP contribution in [0.1, 0.15) is 32.2 Å². The van der Waals surface area contributed by atoms with Crippen LogP contribution in [0.3, 0.4) is 0 Å². The van der Waals surface area contributed by atoms with E-state index in [1.807, 2.05) is 13.8 Å². The van der Waals surface area contributed by atoms with Gasteiger partial charge in [-0.05, 0) is 20.3 Å². The fourth-order valence-electron chi connectivity index (χ4n) is 1.18. The third-order valence-electron chi connectivity index (χ3n) is 1.76. The second kappa shape index (κ2) is 3.43. The van der Waals surface area contributed by atoms with Crippen molar-refractivity contribution in [3.8, 4) is 0 Å². The van der Waals surface area contributed by atoms with Crippen molar-refractivity contribution < 1.29 is 5.11 Å². The molecule has 0 aliphatic rings. The van der Waals surface area contributed by atoms with Gasteiger partial charge in [-0.1, -0.05) is 0 Å². The molecule has 3 N–H and O–H groups in total. The Bertz CT molecular complexity index is 276. The standard InChI is InChI=1S/C8H16N4O/c1-8(2,9)4-6(13)7-11-10-5-12(7)3/h5-6,13H,4,9H2,1-3H3. The minimum Gasteiger partial charge on any atom is -0.385 e. The van der Waals surface area contributed by atoms with Crippen molar-refractivity contribution in [3.63, 3.8) is 0 Å². The summed E-state index contributed by atoms with van der Waals surface area (Å²) in [5.74, 6) is 0.554. The maximum Gasteiger partial charge on any atom is 0.161 e. The van der Waals surface area contributed by atoms with Gasteiger partial charge in [0.05, 0.1) is 0 Å². The first kappa shape index (κ1) is 10.1. The lowest BCUT2D eigenvalue weighted by Gasteiger charge is -2.21. The minimum atomic E-state index is -0.646. The summed E-state index contributed by atoms with van der Waals surface area (Å²) < 4.78 is 1.69. The van der Waals surface area contributed by atoms with Crippen LogP contribution in [0, 0.1) is 0 Å². The van der Waals surface area contributed by atoms with E-state index in [0.29, 0.717) is 12.2 Å². The van der Waals surface area contributed by atoms with Crippen LogP contribution in [-0.2, 0) is 7.05 Å². The summed E-state index contributed by atoms with van der Waals surface area (Å²) in [7, 11) is 1.79. The lowest BCUT2D eigenvalue weighted by atomic mass is 9.98.